The highest BCUT2D eigenvalue weighted by atomic mass is 32.2. The first-order valence-corrected chi connectivity index (χ1v) is 12.4. The van der Waals surface area contributed by atoms with Crippen LogP contribution in [0.2, 0.25) is 0 Å². The average Bonchev–Trinajstić information content (AvgIpc) is 3.02. The van der Waals surface area contributed by atoms with Crippen molar-refractivity contribution in [3.63, 3.8) is 0 Å². The van der Waals surface area contributed by atoms with E-state index in [2.05, 4.69) is 5.32 Å². The third kappa shape index (κ3) is 5.71. The molecule has 4 N–H and O–H groups in total. The minimum absolute atomic E-state index is 0.0102. The molecule has 174 valence electrons. The van der Waals surface area contributed by atoms with Gasteiger partial charge in [0.2, 0.25) is 15.9 Å². The van der Waals surface area contributed by atoms with Gasteiger partial charge >= 0.3 is 0 Å². The summed E-state index contributed by atoms with van der Waals surface area (Å²) in [7, 11) is -3.85. The number of benzene rings is 2. The molecule has 9 nitrogen and oxygen atoms in total. The molecule has 1 fully saturated rings. The Kier molecular flexibility index (Phi) is 7.42. The van der Waals surface area contributed by atoms with Crippen LogP contribution in [-0.2, 0) is 19.6 Å². The van der Waals surface area contributed by atoms with Crippen molar-refractivity contribution in [2.24, 2.45) is 5.14 Å². The number of anilines is 1. The van der Waals surface area contributed by atoms with Crippen molar-refractivity contribution < 1.29 is 27.9 Å². The number of nitrogens with zero attached hydrogens (tertiary/aromatic N) is 1. The number of carbonyl (C=O) groups is 2. The third-order valence-corrected chi connectivity index (χ3v) is 6.88. The number of aromatic hydroxyl groups is 1. The molecule has 0 aliphatic carbocycles. The Balaban J connectivity index is 1.75. The molecule has 3 rings (SSSR count). The van der Waals surface area contributed by atoms with Gasteiger partial charge < -0.3 is 15.2 Å². The fourth-order valence-electron chi connectivity index (χ4n) is 2.95. The SMILES string of the molecule is CCOc1cc(/C=C2\SC(=S)N(C(C)C(=O)Nc3ccc(S(N)(=O)=O)cc3)C2=O)ccc1O. The van der Waals surface area contributed by atoms with Crippen LogP contribution in [0.3, 0.4) is 0 Å². The number of nitrogens with two attached hydrogens (primary N) is 1. The first-order valence-electron chi connectivity index (χ1n) is 9.68. The molecule has 33 heavy (non-hydrogen) atoms. The summed E-state index contributed by atoms with van der Waals surface area (Å²) in [6.45, 7) is 3.70. The van der Waals surface area contributed by atoms with Crippen LogP contribution in [0.15, 0.2) is 52.3 Å². The Morgan fingerprint density at radius 3 is 2.58 bits per heavy atom. The Morgan fingerprint density at radius 2 is 1.97 bits per heavy atom. The molecule has 0 aromatic heterocycles. The zero-order valence-electron chi connectivity index (χ0n) is 17.6. The van der Waals surface area contributed by atoms with E-state index in [9.17, 15) is 23.1 Å². The van der Waals surface area contributed by atoms with Crippen LogP contribution in [-0.4, -0.2) is 47.2 Å². The maximum atomic E-state index is 13.0. The van der Waals surface area contributed by atoms with Gasteiger partial charge in [-0.05, 0) is 61.9 Å². The van der Waals surface area contributed by atoms with Crippen LogP contribution in [0.5, 0.6) is 11.5 Å². The summed E-state index contributed by atoms with van der Waals surface area (Å²) < 4.78 is 28.3. The van der Waals surface area contributed by atoms with Crippen molar-refractivity contribution in [2.45, 2.75) is 24.8 Å². The van der Waals surface area contributed by atoms with Crippen LogP contribution in [0.25, 0.3) is 6.08 Å². The number of thioether (sulfide) groups is 1. The summed E-state index contributed by atoms with van der Waals surface area (Å²) in [5.41, 5.74) is 0.969. The summed E-state index contributed by atoms with van der Waals surface area (Å²) in [5.74, 6) is -0.644. The number of primary sulfonamides is 1. The normalized spacial score (nSPS) is 16.2. The zero-order chi connectivity index (χ0) is 24.3. The molecule has 0 radical (unpaired) electrons. The lowest BCUT2D eigenvalue weighted by Gasteiger charge is -2.22. The molecule has 0 spiro atoms. The quantitative estimate of drug-likeness (QED) is 0.384. The van der Waals surface area contributed by atoms with Gasteiger partial charge in [-0.1, -0.05) is 30.0 Å². The van der Waals surface area contributed by atoms with Crippen LogP contribution < -0.4 is 15.2 Å². The van der Waals surface area contributed by atoms with Crippen molar-refractivity contribution in [3.8, 4) is 11.5 Å². The van der Waals surface area contributed by atoms with Crippen LogP contribution >= 0.6 is 24.0 Å². The third-order valence-electron chi connectivity index (χ3n) is 4.62. The Morgan fingerprint density at radius 1 is 1.30 bits per heavy atom. The topological polar surface area (TPSA) is 139 Å². The lowest BCUT2D eigenvalue weighted by atomic mass is 10.1. The molecule has 1 unspecified atom stereocenters. The van der Waals surface area contributed by atoms with Crippen molar-refractivity contribution in [1.82, 2.24) is 4.90 Å². The summed E-state index contributed by atoms with van der Waals surface area (Å²) in [5, 5.41) is 17.5. The first kappa shape index (κ1) is 24.7. The van der Waals surface area contributed by atoms with Crippen LogP contribution in [0, 0.1) is 0 Å². The number of sulfonamides is 1. The molecule has 2 aromatic carbocycles. The predicted octanol–water partition coefficient (Wildman–Crippen LogP) is 2.67. The monoisotopic (exact) mass is 507 g/mol. The highest BCUT2D eigenvalue weighted by molar-refractivity contribution is 8.26. The standard InChI is InChI=1S/C21H21N3O6S3/c1-3-30-17-10-13(4-9-16(17)25)11-18-20(27)24(21(31)32-18)12(2)19(26)23-14-5-7-15(8-6-14)33(22,28)29/h4-12,25H,3H2,1-2H3,(H,23,26)(H2,22,28,29)/b18-11-. The highest BCUT2D eigenvalue weighted by Crippen LogP contribution is 2.35. The number of rotatable bonds is 7. The molecule has 1 aliphatic rings. The second-order valence-electron chi connectivity index (χ2n) is 6.95. The van der Waals surface area contributed by atoms with E-state index < -0.39 is 27.9 Å². The number of nitrogens with one attached hydrogen (secondary N) is 1. The van der Waals surface area contributed by atoms with Gasteiger partial charge in [-0.3, -0.25) is 14.5 Å². The van der Waals surface area contributed by atoms with Gasteiger partial charge in [0.05, 0.1) is 16.4 Å². The minimum Gasteiger partial charge on any atom is -0.504 e. The number of ether oxygens (including phenoxy) is 1. The molecule has 2 aromatic rings. The number of carbonyl (C=O) groups excluding carboxylic acids is 2. The van der Waals surface area contributed by atoms with E-state index in [-0.39, 0.29) is 15.0 Å². The lowest BCUT2D eigenvalue weighted by molar-refractivity contribution is -0.129. The van der Waals surface area contributed by atoms with E-state index in [4.69, 9.17) is 22.1 Å². The lowest BCUT2D eigenvalue weighted by Crippen LogP contribution is -2.44. The molecular weight excluding hydrogens is 486 g/mol. The van der Waals surface area contributed by atoms with Gasteiger partial charge in [0.1, 0.15) is 10.4 Å². The van der Waals surface area contributed by atoms with E-state index in [1.807, 2.05) is 0 Å². The number of phenolic OH excluding ortho intramolecular Hbond substituents is 1. The van der Waals surface area contributed by atoms with Crippen molar-refractivity contribution in [2.75, 3.05) is 11.9 Å². The summed E-state index contributed by atoms with van der Waals surface area (Å²) in [4.78, 5) is 27.1. The Bertz CT molecular complexity index is 1240. The maximum absolute atomic E-state index is 13.0. The molecule has 1 aliphatic heterocycles. The first-order chi connectivity index (χ1) is 15.5. The van der Waals surface area contributed by atoms with Crippen molar-refractivity contribution >= 4 is 61.9 Å². The molecule has 1 saturated heterocycles. The molecule has 1 atom stereocenters. The molecule has 12 heteroatoms. The van der Waals surface area contributed by atoms with Gasteiger partial charge in [-0.15, -0.1) is 0 Å². The average molecular weight is 508 g/mol. The largest absolute Gasteiger partial charge is 0.504 e. The fourth-order valence-corrected chi connectivity index (χ4v) is 4.88. The predicted molar refractivity (Wildman–Crippen MR) is 130 cm³/mol. The van der Waals surface area contributed by atoms with Crippen molar-refractivity contribution in [1.29, 1.82) is 0 Å². The number of hydrogen-bond donors (Lipinski definition) is 3. The molecule has 1 heterocycles. The van der Waals surface area contributed by atoms with E-state index in [0.29, 0.717) is 28.5 Å². The van der Waals surface area contributed by atoms with Gasteiger partial charge in [0.25, 0.3) is 5.91 Å². The van der Waals surface area contributed by atoms with Gasteiger partial charge in [-0.25, -0.2) is 13.6 Å². The number of phenols is 1. The van der Waals surface area contributed by atoms with E-state index in [0.717, 1.165) is 11.8 Å². The minimum atomic E-state index is -3.85. The molecular formula is C21H21N3O6S3. The fraction of sp³-hybridized carbons (Fsp3) is 0.190. The zero-order valence-corrected chi connectivity index (χ0v) is 20.1. The summed E-state index contributed by atoms with van der Waals surface area (Å²) in [6.07, 6.45) is 1.61. The Hall–Kier alpha value is -2.93. The summed E-state index contributed by atoms with van der Waals surface area (Å²) >= 11 is 6.38. The highest BCUT2D eigenvalue weighted by Gasteiger charge is 2.38. The van der Waals surface area contributed by atoms with E-state index in [1.165, 1.54) is 42.2 Å². The number of thiocarbonyl (C=S) groups is 1. The van der Waals surface area contributed by atoms with Crippen molar-refractivity contribution in [3.05, 3.63) is 52.9 Å². The smallest absolute Gasteiger partial charge is 0.266 e. The number of amides is 2. The van der Waals surface area contributed by atoms with Crippen LogP contribution in [0.1, 0.15) is 19.4 Å². The second kappa shape index (κ2) is 9.91. The van der Waals surface area contributed by atoms with E-state index >= 15 is 0 Å². The van der Waals surface area contributed by atoms with Gasteiger partial charge in [0.15, 0.2) is 11.5 Å². The van der Waals surface area contributed by atoms with Gasteiger partial charge in [0, 0.05) is 5.69 Å². The van der Waals surface area contributed by atoms with E-state index in [1.54, 1.807) is 25.1 Å². The molecule has 0 saturated carbocycles. The maximum Gasteiger partial charge on any atom is 0.266 e. The van der Waals surface area contributed by atoms with Crippen LogP contribution in [0.4, 0.5) is 5.69 Å². The second-order valence-corrected chi connectivity index (χ2v) is 10.2. The molecule has 0 bridgehead atoms. The number of hydrogen-bond acceptors (Lipinski definition) is 8. The summed E-state index contributed by atoms with van der Waals surface area (Å²) in [6, 6.07) is 9.12. The molecule has 2 amide bonds. The van der Waals surface area contributed by atoms with Gasteiger partial charge in [-0.2, -0.15) is 0 Å². The Labute approximate surface area is 200 Å².